The van der Waals surface area contributed by atoms with Crippen LogP contribution in [0.25, 0.3) is 0 Å². The van der Waals surface area contributed by atoms with E-state index in [1.54, 1.807) is 0 Å². The summed E-state index contributed by atoms with van der Waals surface area (Å²) in [5.74, 6) is 0. The molecule has 2 unspecified atom stereocenters. The number of aliphatic hydroxyl groups excluding tert-OH is 2. The van der Waals surface area contributed by atoms with Crippen LogP contribution in [-0.4, -0.2) is 22.8 Å². The molecule has 0 rings (SSSR count). The fourth-order valence-corrected chi connectivity index (χ4v) is 1.36. The second kappa shape index (κ2) is 11.3. The zero-order chi connectivity index (χ0) is 12.2. The lowest BCUT2D eigenvalue weighted by atomic mass is 10.2. The van der Waals surface area contributed by atoms with Crippen molar-refractivity contribution >= 4 is 0 Å². The highest BCUT2D eigenvalue weighted by molar-refractivity contribution is 4.44. The van der Waals surface area contributed by atoms with E-state index < -0.39 is 12.6 Å². The van der Waals surface area contributed by atoms with Crippen LogP contribution in [0, 0.1) is 0 Å². The van der Waals surface area contributed by atoms with Crippen molar-refractivity contribution in [2.75, 3.05) is 0 Å². The summed E-state index contributed by atoms with van der Waals surface area (Å²) >= 11 is 0. The maximum Gasteiger partial charge on any atom is 0.188 e. The standard InChI is InChI=1S/C12H26O4/c1-3-5-7-9-11(13)15-16-12(14)10-8-6-4-2/h11-14H,3-10H2,1-2H3. The molecule has 0 aliphatic carbocycles. The summed E-state index contributed by atoms with van der Waals surface area (Å²) in [6, 6.07) is 0. The minimum atomic E-state index is -0.924. The van der Waals surface area contributed by atoms with Gasteiger partial charge in [0.2, 0.25) is 0 Å². The van der Waals surface area contributed by atoms with Crippen molar-refractivity contribution in [3.8, 4) is 0 Å². The number of hydrogen-bond donors (Lipinski definition) is 2. The molecule has 2 atom stereocenters. The van der Waals surface area contributed by atoms with Gasteiger partial charge in [0.05, 0.1) is 0 Å². The molecule has 0 aromatic heterocycles. The third-order valence-electron chi connectivity index (χ3n) is 2.39. The lowest BCUT2D eigenvalue weighted by molar-refractivity contribution is -0.424. The van der Waals surface area contributed by atoms with Crippen LogP contribution in [0.5, 0.6) is 0 Å². The summed E-state index contributed by atoms with van der Waals surface area (Å²) in [4.78, 5) is 9.37. The van der Waals surface area contributed by atoms with Crippen molar-refractivity contribution in [3.05, 3.63) is 0 Å². The van der Waals surface area contributed by atoms with Crippen LogP contribution in [0.4, 0.5) is 0 Å². The van der Waals surface area contributed by atoms with Crippen LogP contribution in [-0.2, 0) is 9.78 Å². The van der Waals surface area contributed by atoms with E-state index in [1.165, 1.54) is 0 Å². The highest BCUT2D eigenvalue weighted by Crippen LogP contribution is 2.08. The Hall–Kier alpha value is -0.160. The SMILES string of the molecule is CCCCCC(O)OOC(O)CCCCC. The predicted octanol–water partition coefficient (Wildman–Crippen LogP) is 2.73. The summed E-state index contributed by atoms with van der Waals surface area (Å²) in [7, 11) is 0. The van der Waals surface area contributed by atoms with Gasteiger partial charge in [-0.15, -0.1) is 0 Å². The van der Waals surface area contributed by atoms with Gasteiger partial charge in [-0.25, -0.2) is 9.78 Å². The number of aliphatic hydroxyl groups is 2. The third-order valence-corrected chi connectivity index (χ3v) is 2.39. The molecule has 0 aromatic carbocycles. The first kappa shape index (κ1) is 15.8. The van der Waals surface area contributed by atoms with E-state index in [2.05, 4.69) is 23.6 Å². The summed E-state index contributed by atoms with van der Waals surface area (Å²) in [5.41, 5.74) is 0. The maximum atomic E-state index is 9.34. The maximum absolute atomic E-state index is 9.34. The van der Waals surface area contributed by atoms with Crippen LogP contribution in [0.3, 0.4) is 0 Å². The van der Waals surface area contributed by atoms with Gasteiger partial charge in [0, 0.05) is 12.8 Å². The molecule has 0 aliphatic heterocycles. The van der Waals surface area contributed by atoms with Crippen LogP contribution < -0.4 is 0 Å². The van der Waals surface area contributed by atoms with Crippen molar-refractivity contribution in [1.82, 2.24) is 0 Å². The molecule has 4 heteroatoms. The van der Waals surface area contributed by atoms with Gasteiger partial charge < -0.3 is 10.2 Å². The monoisotopic (exact) mass is 234 g/mol. The van der Waals surface area contributed by atoms with Gasteiger partial charge in [-0.05, 0) is 12.8 Å². The average Bonchev–Trinajstić information content (AvgIpc) is 2.27. The van der Waals surface area contributed by atoms with Gasteiger partial charge in [-0.3, -0.25) is 0 Å². The van der Waals surface area contributed by atoms with Gasteiger partial charge in [0.25, 0.3) is 0 Å². The molecule has 0 fully saturated rings. The first-order valence-corrected chi connectivity index (χ1v) is 6.39. The van der Waals surface area contributed by atoms with Crippen LogP contribution in [0.15, 0.2) is 0 Å². The lowest BCUT2D eigenvalue weighted by Gasteiger charge is -2.14. The van der Waals surface area contributed by atoms with Crippen molar-refractivity contribution in [2.45, 2.75) is 77.8 Å². The molecule has 0 aliphatic rings. The predicted molar refractivity (Wildman–Crippen MR) is 62.5 cm³/mol. The van der Waals surface area contributed by atoms with Crippen molar-refractivity contribution < 1.29 is 20.0 Å². The molecule has 0 radical (unpaired) electrons. The van der Waals surface area contributed by atoms with Crippen molar-refractivity contribution in [3.63, 3.8) is 0 Å². The first-order chi connectivity index (χ1) is 7.70. The quantitative estimate of drug-likeness (QED) is 0.250. The van der Waals surface area contributed by atoms with Crippen molar-refractivity contribution in [1.29, 1.82) is 0 Å². The van der Waals surface area contributed by atoms with E-state index >= 15 is 0 Å². The van der Waals surface area contributed by atoms with Gasteiger partial charge in [-0.1, -0.05) is 39.5 Å². The third kappa shape index (κ3) is 10.4. The molecule has 16 heavy (non-hydrogen) atoms. The smallest absolute Gasteiger partial charge is 0.188 e. The lowest BCUT2D eigenvalue weighted by Crippen LogP contribution is -2.19. The van der Waals surface area contributed by atoms with Gasteiger partial charge in [0.15, 0.2) is 12.6 Å². The molecule has 98 valence electrons. The second-order valence-corrected chi connectivity index (χ2v) is 4.09. The van der Waals surface area contributed by atoms with E-state index in [0.29, 0.717) is 12.8 Å². The van der Waals surface area contributed by atoms with E-state index in [-0.39, 0.29) is 0 Å². The van der Waals surface area contributed by atoms with E-state index in [4.69, 9.17) is 0 Å². The number of unbranched alkanes of at least 4 members (excludes halogenated alkanes) is 4. The Morgan fingerprint density at radius 1 is 0.750 bits per heavy atom. The van der Waals surface area contributed by atoms with E-state index in [9.17, 15) is 10.2 Å². The highest BCUT2D eigenvalue weighted by atomic mass is 17.2. The summed E-state index contributed by atoms with van der Waals surface area (Å²) in [5, 5.41) is 18.7. The summed E-state index contributed by atoms with van der Waals surface area (Å²) < 4.78 is 0. The van der Waals surface area contributed by atoms with E-state index in [1.807, 2.05) is 0 Å². The summed E-state index contributed by atoms with van der Waals surface area (Å²) in [6.45, 7) is 4.20. The second-order valence-electron chi connectivity index (χ2n) is 4.09. The molecule has 2 N–H and O–H groups in total. The fraction of sp³-hybridized carbons (Fsp3) is 1.00. The molecule has 4 nitrogen and oxygen atoms in total. The first-order valence-electron chi connectivity index (χ1n) is 6.39. The molecular weight excluding hydrogens is 208 g/mol. The minimum Gasteiger partial charge on any atom is -0.366 e. The minimum absolute atomic E-state index is 0.551. The molecule has 0 aromatic rings. The molecule has 0 spiro atoms. The molecular formula is C12H26O4. The number of hydrogen-bond acceptors (Lipinski definition) is 4. The van der Waals surface area contributed by atoms with Crippen molar-refractivity contribution in [2.24, 2.45) is 0 Å². The average molecular weight is 234 g/mol. The Morgan fingerprint density at radius 3 is 1.44 bits per heavy atom. The van der Waals surface area contributed by atoms with Crippen LogP contribution in [0.1, 0.15) is 65.2 Å². The van der Waals surface area contributed by atoms with Crippen LogP contribution >= 0.6 is 0 Å². The molecule has 0 amide bonds. The largest absolute Gasteiger partial charge is 0.366 e. The fourth-order valence-electron chi connectivity index (χ4n) is 1.36. The Bertz CT molecular complexity index is 125. The topological polar surface area (TPSA) is 58.9 Å². The Labute approximate surface area is 98.5 Å². The molecule has 0 saturated carbocycles. The summed E-state index contributed by atoms with van der Waals surface area (Å²) in [6.07, 6.45) is 5.42. The Morgan fingerprint density at radius 2 is 1.12 bits per heavy atom. The van der Waals surface area contributed by atoms with Crippen LogP contribution in [0.2, 0.25) is 0 Å². The van der Waals surface area contributed by atoms with Gasteiger partial charge in [0.1, 0.15) is 0 Å². The molecule has 0 bridgehead atoms. The molecule has 0 saturated heterocycles. The Kier molecular flexibility index (Phi) is 11.2. The molecule has 0 heterocycles. The zero-order valence-electron chi connectivity index (χ0n) is 10.5. The highest BCUT2D eigenvalue weighted by Gasteiger charge is 2.09. The zero-order valence-corrected chi connectivity index (χ0v) is 10.5. The Balaban J connectivity index is 3.32. The van der Waals surface area contributed by atoms with E-state index in [0.717, 1.165) is 38.5 Å². The van der Waals surface area contributed by atoms with Gasteiger partial charge in [-0.2, -0.15) is 0 Å². The normalized spacial score (nSPS) is 15.0. The number of rotatable bonds is 11. The van der Waals surface area contributed by atoms with Gasteiger partial charge >= 0.3 is 0 Å².